The highest BCUT2D eigenvalue weighted by atomic mass is 32.2. The van der Waals surface area contributed by atoms with Gasteiger partial charge in [0.1, 0.15) is 16.6 Å². The van der Waals surface area contributed by atoms with Gasteiger partial charge in [0.05, 0.1) is 18.8 Å². The Morgan fingerprint density at radius 1 is 1.29 bits per heavy atom. The lowest BCUT2D eigenvalue weighted by Crippen LogP contribution is -2.37. The van der Waals surface area contributed by atoms with Crippen molar-refractivity contribution in [3.8, 4) is 5.75 Å². The summed E-state index contributed by atoms with van der Waals surface area (Å²) in [6, 6.07) is 7.43. The molecule has 1 aromatic carbocycles. The fourth-order valence-electron chi connectivity index (χ4n) is 3.22. The average molecular weight is 456 g/mol. The number of hydrogen-bond donors (Lipinski definition) is 1. The molecule has 10 heteroatoms. The molecule has 0 saturated carbocycles. The Morgan fingerprint density at radius 3 is 2.71 bits per heavy atom. The van der Waals surface area contributed by atoms with Gasteiger partial charge in [0.2, 0.25) is 0 Å². The summed E-state index contributed by atoms with van der Waals surface area (Å²) >= 11 is 1.48. The van der Waals surface area contributed by atoms with E-state index in [-0.39, 0.29) is 18.2 Å². The molecule has 1 aliphatic heterocycles. The summed E-state index contributed by atoms with van der Waals surface area (Å²) in [5.41, 5.74) is 1.76. The van der Waals surface area contributed by atoms with E-state index in [0.717, 1.165) is 30.2 Å². The van der Waals surface area contributed by atoms with Crippen LogP contribution in [0.5, 0.6) is 5.75 Å². The van der Waals surface area contributed by atoms with Crippen LogP contribution in [0.3, 0.4) is 0 Å². The van der Waals surface area contributed by atoms with Crippen LogP contribution >= 0.6 is 11.8 Å². The molecule has 3 rings (SSSR count). The van der Waals surface area contributed by atoms with Crippen LogP contribution in [-0.4, -0.2) is 49.3 Å². The van der Waals surface area contributed by atoms with E-state index in [1.165, 1.54) is 30.0 Å². The van der Waals surface area contributed by atoms with Gasteiger partial charge in [-0.25, -0.2) is 4.98 Å². The Bertz CT molecular complexity index is 918. The first-order valence-corrected chi connectivity index (χ1v) is 10.9. The Hall–Kier alpha value is -2.46. The number of thioether (sulfide) groups is 1. The van der Waals surface area contributed by atoms with Crippen molar-refractivity contribution in [2.45, 2.75) is 31.8 Å². The highest BCUT2D eigenvalue weighted by Gasteiger charge is 2.31. The number of aromatic nitrogens is 1. The number of alkyl halides is 3. The molecule has 0 spiro atoms. The molecule has 1 saturated heterocycles. The second-order valence-corrected chi connectivity index (χ2v) is 8.14. The number of benzene rings is 1. The number of morpholine rings is 1. The third kappa shape index (κ3) is 6.51. The minimum atomic E-state index is -4.76. The Morgan fingerprint density at radius 2 is 2.03 bits per heavy atom. The van der Waals surface area contributed by atoms with Gasteiger partial charge in [-0.1, -0.05) is 19.1 Å². The van der Waals surface area contributed by atoms with Crippen molar-refractivity contribution in [1.29, 1.82) is 0 Å². The lowest BCUT2D eigenvalue weighted by Gasteiger charge is -2.28. The van der Waals surface area contributed by atoms with E-state index in [2.05, 4.69) is 15.0 Å². The van der Waals surface area contributed by atoms with Crippen molar-refractivity contribution in [3.63, 3.8) is 0 Å². The summed E-state index contributed by atoms with van der Waals surface area (Å²) in [6.45, 7) is 6.66. The summed E-state index contributed by atoms with van der Waals surface area (Å²) in [4.78, 5) is 19.8. The zero-order valence-electron chi connectivity index (χ0n) is 17.3. The third-order valence-electron chi connectivity index (χ3n) is 4.60. The zero-order valence-corrected chi connectivity index (χ0v) is 18.1. The quantitative estimate of drug-likeness (QED) is 0.633. The number of nitrogens with zero attached hydrogens (tertiary/aromatic N) is 2. The average Bonchev–Trinajstić information content (AvgIpc) is 2.72. The summed E-state index contributed by atoms with van der Waals surface area (Å²) in [5.74, 6) is 0.909. The Balaban J connectivity index is 1.75. The fraction of sp³-hybridized carbons (Fsp3) is 0.429. The summed E-state index contributed by atoms with van der Waals surface area (Å²) in [5, 5.41) is 3.42. The van der Waals surface area contributed by atoms with E-state index in [0.29, 0.717) is 29.4 Å². The topological polar surface area (TPSA) is 63.7 Å². The van der Waals surface area contributed by atoms with E-state index in [1.807, 2.05) is 19.9 Å². The minimum Gasteiger partial charge on any atom is -0.406 e. The molecule has 31 heavy (non-hydrogen) atoms. The molecular weight excluding hydrogens is 431 g/mol. The third-order valence-corrected chi connectivity index (χ3v) is 5.46. The largest absolute Gasteiger partial charge is 0.573 e. The number of pyridine rings is 1. The number of aryl methyl sites for hydroxylation is 1. The van der Waals surface area contributed by atoms with Crippen LogP contribution in [0.2, 0.25) is 0 Å². The van der Waals surface area contributed by atoms with Gasteiger partial charge >= 0.3 is 6.36 Å². The number of anilines is 1. The van der Waals surface area contributed by atoms with Gasteiger partial charge in [0.25, 0.3) is 5.91 Å². The lowest BCUT2D eigenvalue weighted by atomic mass is 10.1. The van der Waals surface area contributed by atoms with Crippen LogP contribution in [-0.2, 0) is 11.3 Å². The fourth-order valence-corrected chi connectivity index (χ4v) is 4.05. The Kier molecular flexibility index (Phi) is 7.66. The maximum Gasteiger partial charge on any atom is 0.573 e. The first-order valence-electron chi connectivity index (χ1n) is 9.87. The Labute approximate surface area is 183 Å². The summed E-state index contributed by atoms with van der Waals surface area (Å²) in [6.07, 6.45) is -4.76. The number of amides is 1. The van der Waals surface area contributed by atoms with Crippen LogP contribution in [0.4, 0.5) is 19.0 Å². The standard InChI is InChI=1S/C21H24F3N3O3S/c1-3-31-20-18(14(2)11-17(26-20)27-7-9-29-10-8-27)19(28)25-13-15-5-4-6-16(12-15)30-21(22,23)24/h4-6,11-12H,3,7-10,13H2,1-2H3,(H,25,28). The molecule has 2 heterocycles. The molecule has 0 unspecified atom stereocenters. The molecular formula is C21H24F3N3O3S. The molecule has 0 bridgehead atoms. The number of hydrogen-bond acceptors (Lipinski definition) is 6. The molecule has 1 N–H and O–H groups in total. The zero-order chi connectivity index (χ0) is 22.4. The predicted octanol–water partition coefficient (Wildman–Crippen LogP) is 4.17. The van der Waals surface area contributed by atoms with Gasteiger partial charge in [-0.3, -0.25) is 4.79 Å². The number of ether oxygens (including phenoxy) is 2. The molecule has 0 radical (unpaired) electrons. The second-order valence-electron chi connectivity index (χ2n) is 6.89. The number of halogens is 3. The van der Waals surface area contributed by atoms with E-state index < -0.39 is 6.36 Å². The van der Waals surface area contributed by atoms with Crippen molar-refractivity contribution < 1.29 is 27.4 Å². The number of nitrogens with one attached hydrogen (secondary N) is 1. The van der Waals surface area contributed by atoms with Gasteiger partial charge < -0.3 is 19.7 Å². The maximum absolute atomic E-state index is 12.9. The van der Waals surface area contributed by atoms with Gasteiger partial charge in [0.15, 0.2) is 0 Å². The predicted molar refractivity (Wildman–Crippen MR) is 113 cm³/mol. The molecule has 0 aliphatic carbocycles. The van der Waals surface area contributed by atoms with E-state index >= 15 is 0 Å². The smallest absolute Gasteiger partial charge is 0.406 e. The van der Waals surface area contributed by atoms with E-state index in [9.17, 15) is 18.0 Å². The van der Waals surface area contributed by atoms with Crippen molar-refractivity contribution >= 4 is 23.5 Å². The monoisotopic (exact) mass is 455 g/mol. The van der Waals surface area contributed by atoms with Crippen LogP contribution in [0.25, 0.3) is 0 Å². The number of carbonyl (C=O) groups excluding carboxylic acids is 1. The summed E-state index contributed by atoms with van der Waals surface area (Å²) < 4.78 is 46.6. The molecule has 1 amide bonds. The van der Waals surface area contributed by atoms with Crippen molar-refractivity contribution in [3.05, 3.63) is 47.0 Å². The summed E-state index contributed by atoms with van der Waals surface area (Å²) in [7, 11) is 0. The number of carbonyl (C=O) groups is 1. The second kappa shape index (κ2) is 10.2. The highest BCUT2D eigenvalue weighted by molar-refractivity contribution is 7.99. The van der Waals surface area contributed by atoms with Crippen molar-refractivity contribution in [2.24, 2.45) is 0 Å². The lowest BCUT2D eigenvalue weighted by molar-refractivity contribution is -0.274. The first kappa shape index (κ1) is 23.2. The van der Waals surface area contributed by atoms with E-state index in [4.69, 9.17) is 9.72 Å². The van der Waals surface area contributed by atoms with E-state index in [1.54, 1.807) is 6.07 Å². The van der Waals surface area contributed by atoms with Crippen LogP contribution in [0, 0.1) is 6.92 Å². The number of rotatable bonds is 7. The SMILES string of the molecule is CCSc1nc(N2CCOCC2)cc(C)c1C(=O)NCc1cccc(OC(F)(F)F)c1. The molecule has 1 aliphatic rings. The molecule has 168 valence electrons. The first-order chi connectivity index (χ1) is 14.8. The van der Waals surface area contributed by atoms with Crippen molar-refractivity contribution in [2.75, 3.05) is 37.0 Å². The maximum atomic E-state index is 12.9. The highest BCUT2D eigenvalue weighted by Crippen LogP contribution is 2.28. The van der Waals surface area contributed by atoms with Crippen LogP contribution in [0.1, 0.15) is 28.4 Å². The van der Waals surface area contributed by atoms with Crippen LogP contribution < -0.4 is 15.0 Å². The van der Waals surface area contributed by atoms with Crippen molar-refractivity contribution in [1.82, 2.24) is 10.3 Å². The molecule has 0 atom stereocenters. The molecule has 1 aromatic heterocycles. The van der Waals surface area contributed by atoms with Gasteiger partial charge in [-0.2, -0.15) is 0 Å². The van der Waals surface area contributed by atoms with Gasteiger partial charge in [-0.05, 0) is 42.0 Å². The normalized spacial score (nSPS) is 14.4. The molecule has 6 nitrogen and oxygen atoms in total. The van der Waals surface area contributed by atoms with Gasteiger partial charge in [0, 0.05) is 19.6 Å². The van der Waals surface area contributed by atoms with Gasteiger partial charge in [-0.15, -0.1) is 24.9 Å². The minimum absolute atomic E-state index is 0.0643. The molecule has 1 fully saturated rings. The van der Waals surface area contributed by atoms with Crippen LogP contribution in [0.15, 0.2) is 35.4 Å². The molecule has 2 aromatic rings.